The highest BCUT2D eigenvalue weighted by Crippen LogP contribution is 2.26. The Bertz CT molecular complexity index is 921. The molecule has 0 saturated heterocycles. The van der Waals surface area contributed by atoms with Crippen molar-refractivity contribution in [1.82, 2.24) is 14.8 Å². The lowest BCUT2D eigenvalue weighted by molar-refractivity contribution is 0.884. The second-order valence-corrected chi connectivity index (χ2v) is 5.45. The normalized spacial score (nSPS) is 11.0. The summed E-state index contributed by atoms with van der Waals surface area (Å²) in [5, 5.41) is 5.03. The first-order chi connectivity index (χ1) is 9.97. The van der Waals surface area contributed by atoms with Crippen LogP contribution in [0, 0.1) is 6.92 Å². The van der Waals surface area contributed by atoms with Crippen molar-refractivity contribution < 1.29 is 0 Å². The van der Waals surface area contributed by atoms with Crippen LogP contribution in [0.2, 0.25) is 10.0 Å². The number of aromatic nitrogens is 3. The fraction of sp³-hybridized carbons (Fsp3) is 0.0714. The molecule has 7 heteroatoms. The second kappa shape index (κ2) is 5.02. The first kappa shape index (κ1) is 13.9. The SMILES string of the molecule is Cc1cnc2c(=O)c(N)nn(-c3ccc(Cl)cc3Cl)c2c1. The number of nitrogens with two attached hydrogens (primary N) is 1. The van der Waals surface area contributed by atoms with Crippen LogP contribution < -0.4 is 11.2 Å². The van der Waals surface area contributed by atoms with Crippen LogP contribution >= 0.6 is 23.2 Å². The van der Waals surface area contributed by atoms with E-state index in [-0.39, 0.29) is 11.3 Å². The van der Waals surface area contributed by atoms with Gasteiger partial charge in [-0.2, -0.15) is 0 Å². The maximum atomic E-state index is 12.0. The molecule has 5 nitrogen and oxygen atoms in total. The lowest BCUT2D eigenvalue weighted by Crippen LogP contribution is -2.18. The van der Waals surface area contributed by atoms with E-state index in [1.807, 2.05) is 6.92 Å². The van der Waals surface area contributed by atoms with Gasteiger partial charge >= 0.3 is 0 Å². The molecule has 0 aliphatic rings. The van der Waals surface area contributed by atoms with Gasteiger partial charge in [-0.15, -0.1) is 5.10 Å². The van der Waals surface area contributed by atoms with Crippen LogP contribution in [0.15, 0.2) is 35.3 Å². The van der Waals surface area contributed by atoms with Gasteiger partial charge in [0.05, 0.1) is 16.2 Å². The molecule has 0 radical (unpaired) electrons. The number of aryl methyl sites for hydroxylation is 1. The summed E-state index contributed by atoms with van der Waals surface area (Å²) in [4.78, 5) is 16.2. The van der Waals surface area contributed by atoms with E-state index in [0.29, 0.717) is 21.2 Å². The van der Waals surface area contributed by atoms with Crippen molar-refractivity contribution in [3.8, 4) is 5.69 Å². The Labute approximate surface area is 129 Å². The smallest absolute Gasteiger partial charge is 0.250 e. The van der Waals surface area contributed by atoms with Gasteiger partial charge in [0.1, 0.15) is 5.52 Å². The van der Waals surface area contributed by atoms with Gasteiger partial charge in [0, 0.05) is 11.2 Å². The maximum Gasteiger partial charge on any atom is 0.250 e. The van der Waals surface area contributed by atoms with E-state index in [9.17, 15) is 4.79 Å². The predicted octanol–water partition coefficient (Wildman–Crippen LogP) is 2.98. The van der Waals surface area contributed by atoms with E-state index in [1.165, 1.54) is 4.68 Å². The van der Waals surface area contributed by atoms with E-state index < -0.39 is 5.43 Å². The predicted molar refractivity (Wildman–Crippen MR) is 84.3 cm³/mol. The minimum Gasteiger partial charge on any atom is -0.379 e. The van der Waals surface area contributed by atoms with Crippen LogP contribution in [0.5, 0.6) is 0 Å². The van der Waals surface area contributed by atoms with Crippen molar-refractivity contribution in [3.63, 3.8) is 0 Å². The molecule has 2 heterocycles. The average molecular weight is 321 g/mol. The molecular weight excluding hydrogens is 311 g/mol. The van der Waals surface area contributed by atoms with E-state index in [2.05, 4.69) is 10.1 Å². The molecule has 0 spiro atoms. The Hall–Kier alpha value is -2.11. The highest BCUT2D eigenvalue weighted by atomic mass is 35.5. The number of rotatable bonds is 1. The average Bonchev–Trinajstić information content (AvgIpc) is 2.43. The van der Waals surface area contributed by atoms with Gasteiger partial charge < -0.3 is 5.73 Å². The molecule has 0 aliphatic heterocycles. The van der Waals surface area contributed by atoms with Crippen LogP contribution in [0.3, 0.4) is 0 Å². The summed E-state index contributed by atoms with van der Waals surface area (Å²) >= 11 is 12.1. The number of benzene rings is 1. The first-order valence-corrected chi connectivity index (χ1v) is 6.83. The Morgan fingerprint density at radius 1 is 1.24 bits per heavy atom. The monoisotopic (exact) mass is 320 g/mol. The van der Waals surface area contributed by atoms with Gasteiger partial charge in [-0.1, -0.05) is 23.2 Å². The lowest BCUT2D eigenvalue weighted by atomic mass is 10.2. The summed E-state index contributed by atoms with van der Waals surface area (Å²) in [7, 11) is 0. The number of nitrogen functional groups attached to an aromatic ring is 1. The van der Waals surface area contributed by atoms with Crippen molar-refractivity contribution in [1.29, 1.82) is 0 Å². The molecule has 0 aliphatic carbocycles. The Balaban J connectivity index is 2.44. The molecule has 2 aromatic heterocycles. The number of halogens is 2. The van der Waals surface area contributed by atoms with Crippen molar-refractivity contribution in [2.75, 3.05) is 5.73 Å². The van der Waals surface area contributed by atoms with Gasteiger partial charge in [0.25, 0.3) is 0 Å². The fourth-order valence-electron chi connectivity index (χ4n) is 2.06. The van der Waals surface area contributed by atoms with Crippen molar-refractivity contribution in [2.45, 2.75) is 6.92 Å². The third kappa shape index (κ3) is 2.34. The van der Waals surface area contributed by atoms with Crippen molar-refractivity contribution in [2.24, 2.45) is 0 Å². The molecule has 106 valence electrons. The zero-order valence-corrected chi connectivity index (χ0v) is 12.5. The van der Waals surface area contributed by atoms with Crippen LogP contribution in [-0.2, 0) is 0 Å². The van der Waals surface area contributed by atoms with Crippen LogP contribution in [0.4, 0.5) is 5.82 Å². The molecule has 0 atom stereocenters. The van der Waals surface area contributed by atoms with Gasteiger partial charge in [0.2, 0.25) is 5.43 Å². The molecule has 3 aromatic rings. The van der Waals surface area contributed by atoms with Gasteiger partial charge in [-0.3, -0.25) is 9.78 Å². The van der Waals surface area contributed by atoms with Gasteiger partial charge in [-0.25, -0.2) is 4.68 Å². The van der Waals surface area contributed by atoms with Gasteiger partial charge in [-0.05, 0) is 36.8 Å². The Morgan fingerprint density at radius 3 is 2.71 bits per heavy atom. The molecule has 2 N–H and O–H groups in total. The summed E-state index contributed by atoms with van der Waals surface area (Å²) in [5.41, 5.74) is 7.55. The van der Waals surface area contributed by atoms with Crippen LogP contribution in [-0.4, -0.2) is 14.8 Å². The van der Waals surface area contributed by atoms with E-state index in [4.69, 9.17) is 28.9 Å². The molecule has 0 fully saturated rings. The van der Waals surface area contributed by atoms with Crippen molar-refractivity contribution >= 4 is 40.1 Å². The Kier molecular flexibility index (Phi) is 3.31. The topological polar surface area (TPSA) is 73.8 Å². The fourth-order valence-corrected chi connectivity index (χ4v) is 2.54. The quantitative estimate of drug-likeness (QED) is 0.748. The van der Waals surface area contributed by atoms with E-state index in [1.54, 1.807) is 30.5 Å². The number of fused-ring (bicyclic) bond motifs is 1. The number of pyridine rings is 1. The molecule has 1 aromatic carbocycles. The Morgan fingerprint density at radius 2 is 2.00 bits per heavy atom. The molecular formula is C14H10Cl2N4O. The third-order valence-corrected chi connectivity index (χ3v) is 3.56. The van der Waals surface area contributed by atoms with E-state index in [0.717, 1.165) is 5.56 Å². The summed E-state index contributed by atoms with van der Waals surface area (Å²) in [5.74, 6) is -0.134. The molecule has 0 bridgehead atoms. The van der Waals surface area contributed by atoms with Crippen LogP contribution in [0.1, 0.15) is 5.56 Å². The standard InChI is InChI=1S/C14H10Cl2N4O/c1-7-4-11-12(18-6-7)13(21)14(17)19-20(11)10-3-2-8(15)5-9(10)16/h2-6H,1H3,(H2,17,19). The largest absolute Gasteiger partial charge is 0.379 e. The maximum absolute atomic E-state index is 12.0. The highest BCUT2D eigenvalue weighted by Gasteiger charge is 2.13. The summed E-state index contributed by atoms with van der Waals surface area (Å²) < 4.78 is 1.50. The molecule has 21 heavy (non-hydrogen) atoms. The number of hydrogen-bond acceptors (Lipinski definition) is 4. The highest BCUT2D eigenvalue weighted by molar-refractivity contribution is 6.35. The number of anilines is 1. The van der Waals surface area contributed by atoms with Gasteiger partial charge in [0.15, 0.2) is 5.82 Å². The van der Waals surface area contributed by atoms with Crippen molar-refractivity contribution in [3.05, 3.63) is 56.3 Å². The zero-order chi connectivity index (χ0) is 15.1. The van der Waals surface area contributed by atoms with Crippen LogP contribution in [0.25, 0.3) is 16.7 Å². The first-order valence-electron chi connectivity index (χ1n) is 6.08. The zero-order valence-electron chi connectivity index (χ0n) is 11.0. The molecule has 0 saturated carbocycles. The lowest BCUT2D eigenvalue weighted by Gasteiger charge is -2.12. The minimum absolute atomic E-state index is 0.134. The molecule has 0 amide bonds. The van der Waals surface area contributed by atoms with E-state index >= 15 is 0 Å². The second-order valence-electron chi connectivity index (χ2n) is 4.60. The molecule has 3 rings (SSSR count). The molecule has 0 unspecified atom stereocenters. The number of hydrogen-bond donors (Lipinski definition) is 1. The minimum atomic E-state index is -0.397. The number of nitrogens with zero attached hydrogens (tertiary/aromatic N) is 3. The third-order valence-electron chi connectivity index (χ3n) is 3.03. The summed E-state index contributed by atoms with van der Waals surface area (Å²) in [6.45, 7) is 1.88. The summed E-state index contributed by atoms with van der Waals surface area (Å²) in [6.07, 6.45) is 1.61. The summed E-state index contributed by atoms with van der Waals surface area (Å²) in [6, 6.07) is 6.81.